The molecule has 0 spiro atoms. The van der Waals surface area contributed by atoms with Gasteiger partial charge in [0.25, 0.3) is 0 Å². The van der Waals surface area contributed by atoms with Crippen LogP contribution in [0.15, 0.2) is 0 Å². The molecular formula is C10H19N3O3. The Morgan fingerprint density at radius 3 is 2.88 bits per heavy atom. The number of piperazine rings is 1. The maximum Gasteiger partial charge on any atom is 0.245 e. The maximum absolute atomic E-state index is 12.0. The zero-order valence-corrected chi connectivity index (χ0v) is 9.95. The summed E-state index contributed by atoms with van der Waals surface area (Å²) in [6, 6.07) is -0.713. The molecule has 0 radical (unpaired) electrons. The highest BCUT2D eigenvalue weighted by molar-refractivity contribution is 5.93. The summed E-state index contributed by atoms with van der Waals surface area (Å²) in [5.41, 5.74) is 4.83. The van der Waals surface area contributed by atoms with Crippen LogP contribution >= 0.6 is 0 Å². The highest BCUT2D eigenvalue weighted by Crippen LogP contribution is 2.18. The predicted molar refractivity (Wildman–Crippen MR) is 58.7 cm³/mol. The van der Waals surface area contributed by atoms with E-state index in [0.717, 1.165) is 0 Å². The summed E-state index contributed by atoms with van der Waals surface area (Å²) in [6.07, 6.45) is 0. The molecule has 6 heteroatoms. The van der Waals surface area contributed by atoms with Crippen molar-refractivity contribution in [2.45, 2.75) is 25.4 Å². The Kier molecular flexibility index (Phi) is 3.88. The number of methoxy groups -OCH3 is 1. The van der Waals surface area contributed by atoms with Crippen LogP contribution in [0.3, 0.4) is 0 Å². The lowest BCUT2D eigenvalue weighted by atomic mass is 9.98. The molecule has 1 aliphatic heterocycles. The first-order valence-corrected chi connectivity index (χ1v) is 5.25. The van der Waals surface area contributed by atoms with Gasteiger partial charge < -0.3 is 20.7 Å². The molecule has 0 aliphatic carbocycles. The van der Waals surface area contributed by atoms with E-state index in [-0.39, 0.29) is 18.4 Å². The maximum atomic E-state index is 12.0. The molecule has 1 unspecified atom stereocenters. The van der Waals surface area contributed by atoms with Gasteiger partial charge in [0, 0.05) is 20.2 Å². The van der Waals surface area contributed by atoms with Crippen LogP contribution < -0.4 is 11.1 Å². The van der Waals surface area contributed by atoms with Gasteiger partial charge in [0.1, 0.15) is 11.6 Å². The molecule has 1 saturated heterocycles. The molecular weight excluding hydrogens is 210 g/mol. The molecule has 1 rings (SSSR count). The summed E-state index contributed by atoms with van der Waals surface area (Å²) in [7, 11) is 1.49. The second-order valence-corrected chi connectivity index (χ2v) is 4.37. The first-order chi connectivity index (χ1) is 7.41. The van der Waals surface area contributed by atoms with Crippen LogP contribution in [0.2, 0.25) is 0 Å². The van der Waals surface area contributed by atoms with Crippen molar-refractivity contribution < 1.29 is 14.3 Å². The molecule has 1 atom stereocenters. The van der Waals surface area contributed by atoms with Crippen LogP contribution in [0.5, 0.6) is 0 Å². The minimum absolute atomic E-state index is 0.156. The van der Waals surface area contributed by atoms with E-state index in [1.165, 1.54) is 12.0 Å². The van der Waals surface area contributed by atoms with Crippen molar-refractivity contribution in [3.8, 4) is 0 Å². The monoisotopic (exact) mass is 229 g/mol. The molecule has 0 aromatic carbocycles. The van der Waals surface area contributed by atoms with E-state index in [0.29, 0.717) is 13.1 Å². The quantitative estimate of drug-likeness (QED) is 0.630. The standard InChI is InChI=1S/C10H19N3O3/c1-10(2)9(15)12-4-5-13(10)8(14)7(11)6-16-3/h7H,4-6,11H2,1-3H3,(H,12,15). The van der Waals surface area contributed by atoms with Crippen molar-refractivity contribution in [1.82, 2.24) is 10.2 Å². The van der Waals surface area contributed by atoms with Crippen LogP contribution in [0.25, 0.3) is 0 Å². The zero-order chi connectivity index (χ0) is 12.3. The first-order valence-electron chi connectivity index (χ1n) is 5.25. The van der Waals surface area contributed by atoms with Gasteiger partial charge >= 0.3 is 0 Å². The van der Waals surface area contributed by atoms with Crippen LogP contribution in [0.1, 0.15) is 13.8 Å². The Morgan fingerprint density at radius 1 is 1.69 bits per heavy atom. The number of nitrogens with two attached hydrogens (primary N) is 1. The number of carbonyl (C=O) groups excluding carboxylic acids is 2. The predicted octanol–water partition coefficient (Wildman–Crippen LogP) is -1.30. The van der Waals surface area contributed by atoms with Gasteiger partial charge in [-0.3, -0.25) is 9.59 Å². The molecule has 0 saturated carbocycles. The number of carbonyl (C=O) groups is 2. The molecule has 0 bridgehead atoms. The van der Waals surface area contributed by atoms with Gasteiger partial charge in [0.05, 0.1) is 6.61 Å². The number of ether oxygens (including phenoxy) is 1. The summed E-state index contributed by atoms with van der Waals surface area (Å²) >= 11 is 0. The van der Waals surface area contributed by atoms with Crippen molar-refractivity contribution >= 4 is 11.8 Å². The van der Waals surface area contributed by atoms with Crippen molar-refractivity contribution in [3.63, 3.8) is 0 Å². The second-order valence-electron chi connectivity index (χ2n) is 4.37. The fraction of sp³-hybridized carbons (Fsp3) is 0.800. The van der Waals surface area contributed by atoms with Gasteiger partial charge in [-0.25, -0.2) is 0 Å². The largest absolute Gasteiger partial charge is 0.383 e. The molecule has 3 N–H and O–H groups in total. The Morgan fingerprint density at radius 2 is 2.31 bits per heavy atom. The molecule has 1 fully saturated rings. The minimum Gasteiger partial charge on any atom is -0.383 e. The molecule has 2 amide bonds. The van der Waals surface area contributed by atoms with Gasteiger partial charge in [-0.05, 0) is 13.8 Å². The van der Waals surface area contributed by atoms with Crippen molar-refractivity contribution in [2.75, 3.05) is 26.8 Å². The third kappa shape index (κ3) is 2.33. The topological polar surface area (TPSA) is 84.7 Å². The number of hydrogen-bond donors (Lipinski definition) is 2. The van der Waals surface area contributed by atoms with E-state index in [1.807, 2.05) is 0 Å². The number of hydrogen-bond acceptors (Lipinski definition) is 4. The van der Waals surface area contributed by atoms with Gasteiger partial charge in [-0.1, -0.05) is 0 Å². The van der Waals surface area contributed by atoms with Gasteiger partial charge in [-0.2, -0.15) is 0 Å². The Labute approximate surface area is 95.1 Å². The highest BCUT2D eigenvalue weighted by atomic mass is 16.5. The van der Waals surface area contributed by atoms with Crippen LogP contribution in [-0.2, 0) is 14.3 Å². The Balaban J connectivity index is 2.78. The number of nitrogens with one attached hydrogen (secondary N) is 1. The summed E-state index contributed by atoms with van der Waals surface area (Å²) in [6.45, 7) is 4.52. The number of nitrogens with zero attached hydrogens (tertiary/aromatic N) is 1. The molecule has 1 aliphatic rings. The average molecular weight is 229 g/mol. The molecule has 0 aromatic heterocycles. The fourth-order valence-corrected chi connectivity index (χ4v) is 1.74. The smallest absolute Gasteiger partial charge is 0.245 e. The average Bonchev–Trinajstić information content (AvgIpc) is 2.21. The summed E-state index contributed by atoms with van der Waals surface area (Å²) in [5, 5.41) is 2.72. The van der Waals surface area contributed by atoms with Crippen LogP contribution in [-0.4, -0.2) is 55.1 Å². The van der Waals surface area contributed by atoms with E-state index in [1.54, 1.807) is 13.8 Å². The molecule has 16 heavy (non-hydrogen) atoms. The van der Waals surface area contributed by atoms with Crippen LogP contribution in [0.4, 0.5) is 0 Å². The molecule has 1 heterocycles. The molecule has 6 nitrogen and oxygen atoms in total. The highest BCUT2D eigenvalue weighted by Gasteiger charge is 2.41. The van der Waals surface area contributed by atoms with Gasteiger partial charge in [0.15, 0.2) is 0 Å². The summed E-state index contributed by atoms with van der Waals surface area (Å²) < 4.78 is 4.84. The van der Waals surface area contributed by atoms with Crippen molar-refractivity contribution in [2.24, 2.45) is 5.73 Å². The Bertz CT molecular complexity index is 291. The minimum atomic E-state index is -0.847. The van der Waals surface area contributed by atoms with Gasteiger partial charge in [0.2, 0.25) is 11.8 Å². The van der Waals surface area contributed by atoms with Crippen molar-refractivity contribution in [1.29, 1.82) is 0 Å². The first kappa shape index (κ1) is 12.9. The van der Waals surface area contributed by atoms with E-state index in [9.17, 15) is 9.59 Å². The normalized spacial score (nSPS) is 21.5. The zero-order valence-electron chi connectivity index (χ0n) is 9.95. The van der Waals surface area contributed by atoms with Crippen molar-refractivity contribution in [3.05, 3.63) is 0 Å². The van der Waals surface area contributed by atoms with Crippen LogP contribution in [0, 0.1) is 0 Å². The third-order valence-corrected chi connectivity index (χ3v) is 2.78. The number of amides is 2. The molecule has 0 aromatic rings. The number of rotatable bonds is 3. The lowest BCUT2D eigenvalue weighted by molar-refractivity contribution is -0.150. The fourth-order valence-electron chi connectivity index (χ4n) is 1.74. The molecule has 92 valence electrons. The third-order valence-electron chi connectivity index (χ3n) is 2.78. The van der Waals surface area contributed by atoms with Gasteiger partial charge in [-0.15, -0.1) is 0 Å². The lowest BCUT2D eigenvalue weighted by Gasteiger charge is -2.42. The summed E-state index contributed by atoms with van der Waals surface area (Å²) in [5.74, 6) is -0.404. The van der Waals surface area contributed by atoms with E-state index in [4.69, 9.17) is 10.5 Å². The lowest BCUT2D eigenvalue weighted by Crippen LogP contribution is -2.66. The SMILES string of the molecule is COCC(N)C(=O)N1CCNC(=O)C1(C)C. The van der Waals surface area contributed by atoms with E-state index < -0.39 is 11.6 Å². The Hall–Kier alpha value is -1.14. The summed E-state index contributed by atoms with van der Waals surface area (Å²) in [4.78, 5) is 25.1. The second kappa shape index (κ2) is 4.80. The van der Waals surface area contributed by atoms with E-state index >= 15 is 0 Å². The van der Waals surface area contributed by atoms with E-state index in [2.05, 4.69) is 5.32 Å².